The Morgan fingerprint density at radius 2 is 2.19 bits per heavy atom. The number of benzene rings is 1. The lowest BCUT2D eigenvalue weighted by molar-refractivity contribution is -0.137. The lowest BCUT2D eigenvalue weighted by atomic mass is 10.2. The van der Waals surface area contributed by atoms with Gasteiger partial charge in [-0.3, -0.25) is 4.79 Å². The van der Waals surface area contributed by atoms with Crippen LogP contribution in [0.5, 0.6) is 0 Å². The number of rotatable bonds is 4. The van der Waals surface area contributed by atoms with Gasteiger partial charge in [-0.2, -0.15) is 0 Å². The Balaban J connectivity index is 2.19. The molecular weight excluding hydrogens is 209 g/mol. The van der Waals surface area contributed by atoms with Crippen LogP contribution >= 0.6 is 0 Å². The van der Waals surface area contributed by atoms with Gasteiger partial charge in [-0.25, -0.2) is 4.39 Å². The number of hydrogen-bond acceptors (Lipinski definition) is 1. The average molecular weight is 221 g/mol. The van der Waals surface area contributed by atoms with Crippen LogP contribution in [0.1, 0.15) is 12.8 Å². The van der Waals surface area contributed by atoms with Crippen molar-refractivity contribution in [1.82, 2.24) is 4.57 Å². The molecule has 0 bridgehead atoms. The number of aromatic nitrogens is 1. The molecule has 1 aromatic heterocycles. The molecule has 0 aliphatic heterocycles. The van der Waals surface area contributed by atoms with E-state index in [-0.39, 0.29) is 12.2 Å². The first-order chi connectivity index (χ1) is 7.68. The largest absolute Gasteiger partial charge is 0.481 e. The van der Waals surface area contributed by atoms with E-state index in [4.69, 9.17) is 5.11 Å². The number of carboxylic acid groups (broad SMARTS) is 1. The minimum atomic E-state index is -0.803. The van der Waals surface area contributed by atoms with Gasteiger partial charge in [-0.15, -0.1) is 0 Å². The molecule has 2 rings (SSSR count). The third-order valence-electron chi connectivity index (χ3n) is 2.55. The summed E-state index contributed by atoms with van der Waals surface area (Å²) in [4.78, 5) is 10.4. The highest BCUT2D eigenvalue weighted by molar-refractivity contribution is 5.80. The summed E-state index contributed by atoms with van der Waals surface area (Å²) in [6.07, 6.45) is 2.47. The van der Waals surface area contributed by atoms with Gasteiger partial charge in [0, 0.05) is 24.5 Å². The van der Waals surface area contributed by atoms with Gasteiger partial charge in [0.1, 0.15) is 5.82 Å². The van der Waals surface area contributed by atoms with Crippen LogP contribution in [0.3, 0.4) is 0 Å². The summed E-state index contributed by atoms with van der Waals surface area (Å²) in [6, 6.07) is 6.62. The fourth-order valence-electron chi connectivity index (χ4n) is 1.78. The zero-order valence-electron chi connectivity index (χ0n) is 8.69. The molecule has 0 aliphatic carbocycles. The smallest absolute Gasteiger partial charge is 0.303 e. The van der Waals surface area contributed by atoms with Crippen molar-refractivity contribution < 1.29 is 14.3 Å². The van der Waals surface area contributed by atoms with Crippen molar-refractivity contribution in [2.75, 3.05) is 0 Å². The molecule has 0 saturated carbocycles. The lowest BCUT2D eigenvalue weighted by Crippen LogP contribution is -2.00. The number of hydrogen-bond donors (Lipinski definition) is 1. The second kappa shape index (κ2) is 4.35. The quantitative estimate of drug-likeness (QED) is 0.862. The second-order valence-electron chi connectivity index (χ2n) is 3.68. The van der Waals surface area contributed by atoms with Crippen LogP contribution in [-0.2, 0) is 11.3 Å². The van der Waals surface area contributed by atoms with E-state index in [1.807, 2.05) is 10.6 Å². The first kappa shape index (κ1) is 10.7. The normalized spacial score (nSPS) is 10.8. The summed E-state index contributed by atoms with van der Waals surface area (Å²) in [6.45, 7) is 0.596. The molecule has 0 aliphatic rings. The number of carboxylic acids is 1. The van der Waals surface area contributed by atoms with Crippen molar-refractivity contribution in [3.8, 4) is 0 Å². The zero-order valence-corrected chi connectivity index (χ0v) is 8.69. The Labute approximate surface area is 92.1 Å². The summed E-state index contributed by atoms with van der Waals surface area (Å²) in [7, 11) is 0. The second-order valence-corrected chi connectivity index (χ2v) is 3.68. The maximum Gasteiger partial charge on any atom is 0.303 e. The molecule has 0 spiro atoms. The Kier molecular flexibility index (Phi) is 2.90. The summed E-state index contributed by atoms with van der Waals surface area (Å²) in [5, 5.41) is 9.11. The maximum atomic E-state index is 13.3. The Bertz CT molecular complexity index is 519. The molecule has 1 N–H and O–H groups in total. The molecule has 4 heteroatoms. The molecular formula is C12H12FNO2. The number of fused-ring (bicyclic) bond motifs is 1. The van der Waals surface area contributed by atoms with Gasteiger partial charge < -0.3 is 9.67 Å². The van der Waals surface area contributed by atoms with Crippen LogP contribution in [0.25, 0.3) is 10.9 Å². The molecule has 1 aromatic carbocycles. The fraction of sp³-hybridized carbons (Fsp3) is 0.250. The molecule has 0 atom stereocenters. The van der Waals surface area contributed by atoms with Gasteiger partial charge in [0.2, 0.25) is 0 Å². The number of carbonyl (C=O) groups is 1. The molecule has 1 heterocycles. The first-order valence-corrected chi connectivity index (χ1v) is 5.13. The predicted molar refractivity (Wildman–Crippen MR) is 58.8 cm³/mol. The van der Waals surface area contributed by atoms with Gasteiger partial charge in [-0.05, 0) is 24.6 Å². The highest BCUT2D eigenvalue weighted by Crippen LogP contribution is 2.19. The summed E-state index contributed by atoms with van der Waals surface area (Å²) in [5.74, 6) is -1.04. The van der Waals surface area contributed by atoms with Crippen molar-refractivity contribution in [2.45, 2.75) is 19.4 Å². The van der Waals surface area contributed by atoms with Crippen molar-refractivity contribution >= 4 is 16.9 Å². The Morgan fingerprint density at radius 1 is 1.38 bits per heavy atom. The Morgan fingerprint density at radius 3 is 2.94 bits per heavy atom. The van der Waals surface area contributed by atoms with Gasteiger partial charge in [-0.1, -0.05) is 6.07 Å². The third kappa shape index (κ3) is 2.05. The van der Waals surface area contributed by atoms with E-state index in [0.29, 0.717) is 18.4 Å². The molecule has 84 valence electrons. The summed E-state index contributed by atoms with van der Waals surface area (Å²) >= 11 is 0. The van der Waals surface area contributed by atoms with Crippen molar-refractivity contribution in [3.05, 3.63) is 36.3 Å². The summed E-state index contributed by atoms with van der Waals surface area (Å²) < 4.78 is 15.2. The molecule has 0 radical (unpaired) electrons. The highest BCUT2D eigenvalue weighted by atomic mass is 19.1. The van der Waals surface area contributed by atoms with Crippen LogP contribution in [0.2, 0.25) is 0 Å². The van der Waals surface area contributed by atoms with Crippen LogP contribution in [-0.4, -0.2) is 15.6 Å². The highest BCUT2D eigenvalue weighted by Gasteiger charge is 2.05. The number of nitrogens with zero attached hydrogens (tertiary/aromatic N) is 1. The third-order valence-corrected chi connectivity index (χ3v) is 2.55. The minimum absolute atomic E-state index is 0.134. The number of aliphatic carboxylic acids is 1. The van der Waals surface area contributed by atoms with Crippen molar-refractivity contribution in [1.29, 1.82) is 0 Å². The molecule has 16 heavy (non-hydrogen) atoms. The monoisotopic (exact) mass is 221 g/mol. The van der Waals surface area contributed by atoms with Crippen LogP contribution in [0, 0.1) is 5.82 Å². The topological polar surface area (TPSA) is 42.2 Å². The van der Waals surface area contributed by atoms with Crippen molar-refractivity contribution in [2.24, 2.45) is 0 Å². The molecule has 0 unspecified atom stereocenters. The predicted octanol–water partition coefficient (Wildman–Crippen LogP) is 2.65. The van der Waals surface area contributed by atoms with Gasteiger partial charge >= 0.3 is 5.97 Å². The van der Waals surface area contributed by atoms with Crippen LogP contribution in [0.15, 0.2) is 30.5 Å². The fourth-order valence-corrected chi connectivity index (χ4v) is 1.78. The maximum absolute atomic E-state index is 13.3. The van der Waals surface area contributed by atoms with E-state index in [1.54, 1.807) is 18.3 Å². The van der Waals surface area contributed by atoms with E-state index in [1.165, 1.54) is 6.07 Å². The lowest BCUT2D eigenvalue weighted by Gasteiger charge is -2.03. The standard InChI is InChI=1S/C12H12FNO2/c13-10-3-1-4-11-9(10)6-8-14(11)7-2-5-12(15)16/h1,3-4,6,8H,2,5,7H2,(H,15,16). The Hall–Kier alpha value is -1.84. The van der Waals surface area contributed by atoms with Crippen molar-refractivity contribution in [3.63, 3.8) is 0 Å². The van der Waals surface area contributed by atoms with Gasteiger partial charge in [0.05, 0.1) is 5.52 Å². The number of aryl methyl sites for hydroxylation is 1. The summed E-state index contributed by atoms with van der Waals surface area (Å²) in [5.41, 5.74) is 0.811. The van der Waals surface area contributed by atoms with Gasteiger partial charge in [0.15, 0.2) is 0 Å². The van der Waals surface area contributed by atoms with E-state index >= 15 is 0 Å². The minimum Gasteiger partial charge on any atom is -0.481 e. The van der Waals surface area contributed by atoms with Crippen LogP contribution in [0.4, 0.5) is 4.39 Å². The molecule has 3 nitrogen and oxygen atoms in total. The van der Waals surface area contributed by atoms with E-state index in [9.17, 15) is 9.18 Å². The number of halogens is 1. The SMILES string of the molecule is O=C(O)CCCn1ccc2c(F)cccc21. The molecule has 2 aromatic rings. The molecule has 0 fully saturated rings. The van der Waals surface area contributed by atoms with E-state index in [0.717, 1.165) is 5.52 Å². The first-order valence-electron chi connectivity index (χ1n) is 5.13. The zero-order chi connectivity index (χ0) is 11.5. The van der Waals surface area contributed by atoms with Gasteiger partial charge in [0.25, 0.3) is 0 Å². The van der Waals surface area contributed by atoms with Crippen LogP contribution < -0.4 is 0 Å². The van der Waals surface area contributed by atoms with E-state index < -0.39 is 5.97 Å². The molecule has 0 amide bonds. The molecule has 0 saturated heterocycles. The van der Waals surface area contributed by atoms with E-state index in [2.05, 4.69) is 0 Å². The average Bonchev–Trinajstić information content (AvgIpc) is 2.63.